The minimum absolute atomic E-state index is 0.259. The van der Waals surface area contributed by atoms with Crippen LogP contribution in [0.4, 0.5) is 4.39 Å². The molecule has 0 N–H and O–H groups in total. The molecule has 0 atom stereocenters. The second-order valence-electron chi connectivity index (χ2n) is 6.47. The summed E-state index contributed by atoms with van der Waals surface area (Å²) in [5.74, 6) is 2.60. The molecule has 1 aromatic heterocycles. The van der Waals surface area contributed by atoms with Gasteiger partial charge in [-0.25, -0.2) is 9.37 Å². The summed E-state index contributed by atoms with van der Waals surface area (Å²) in [6.45, 7) is 0.362. The molecule has 1 heterocycles. The minimum Gasteiger partial charge on any atom is -0.486 e. The maximum atomic E-state index is 14.2. The van der Waals surface area contributed by atoms with Crippen LogP contribution < -0.4 is 4.74 Å². The van der Waals surface area contributed by atoms with Crippen LogP contribution in [0.15, 0.2) is 41.6 Å². The molecule has 1 aromatic carbocycles. The number of rotatable bonds is 7. The molecule has 4 heteroatoms. The van der Waals surface area contributed by atoms with Crippen molar-refractivity contribution in [1.82, 2.24) is 4.98 Å². The summed E-state index contributed by atoms with van der Waals surface area (Å²) in [5.41, 5.74) is 2.13. The third-order valence-electron chi connectivity index (χ3n) is 4.39. The van der Waals surface area contributed by atoms with Gasteiger partial charge in [0.2, 0.25) is 0 Å². The molecule has 2 fully saturated rings. The Labute approximate surface area is 140 Å². The lowest BCUT2D eigenvalue weighted by atomic mass is 10.1. The zero-order chi connectivity index (χ0) is 15.6. The number of hydrogen-bond acceptors (Lipinski definition) is 3. The first-order chi connectivity index (χ1) is 11.3. The van der Waals surface area contributed by atoms with E-state index in [1.54, 1.807) is 23.9 Å². The van der Waals surface area contributed by atoms with Gasteiger partial charge in [0.25, 0.3) is 0 Å². The summed E-state index contributed by atoms with van der Waals surface area (Å²) >= 11 is 1.79. The quantitative estimate of drug-likeness (QED) is 0.654. The summed E-state index contributed by atoms with van der Waals surface area (Å²) in [6.07, 6.45) is 6.84. The predicted octanol–water partition coefficient (Wildman–Crippen LogP) is 5.18. The van der Waals surface area contributed by atoms with Gasteiger partial charge in [0.15, 0.2) is 11.6 Å². The van der Waals surface area contributed by atoms with E-state index in [0.29, 0.717) is 18.3 Å². The number of hydrogen-bond donors (Lipinski definition) is 0. The first-order valence-electron chi connectivity index (χ1n) is 8.28. The minimum atomic E-state index is -0.259. The lowest BCUT2D eigenvalue weighted by molar-refractivity contribution is 0.286. The standard InChI is InChI=1S/C19H20FNOS/c20-17-10-15(14-5-6-14)7-8-18(17)22-11-16-2-1-9-21-19(16)23-12-13-3-4-13/h1-2,7-10,13-14H,3-6,11-12H2. The maximum Gasteiger partial charge on any atom is 0.165 e. The number of pyridine rings is 1. The Bertz CT molecular complexity index is 698. The van der Waals surface area contributed by atoms with Gasteiger partial charge in [-0.2, -0.15) is 0 Å². The molecule has 4 rings (SSSR count). The van der Waals surface area contributed by atoms with Crippen molar-refractivity contribution < 1.29 is 9.13 Å². The fraction of sp³-hybridized carbons (Fsp3) is 0.421. The van der Waals surface area contributed by atoms with Gasteiger partial charge in [0.1, 0.15) is 11.6 Å². The average Bonchev–Trinajstić information content (AvgIpc) is 3.46. The molecular weight excluding hydrogens is 309 g/mol. The summed E-state index contributed by atoms with van der Waals surface area (Å²) in [6, 6.07) is 9.29. The molecule has 0 saturated heterocycles. The summed E-state index contributed by atoms with van der Waals surface area (Å²) < 4.78 is 19.9. The number of halogens is 1. The van der Waals surface area contributed by atoms with Crippen molar-refractivity contribution >= 4 is 11.8 Å². The Balaban J connectivity index is 1.41. The van der Waals surface area contributed by atoms with E-state index < -0.39 is 0 Å². The largest absolute Gasteiger partial charge is 0.486 e. The first-order valence-corrected chi connectivity index (χ1v) is 9.27. The van der Waals surface area contributed by atoms with Crippen molar-refractivity contribution in [2.45, 2.75) is 43.2 Å². The van der Waals surface area contributed by atoms with Crippen LogP contribution >= 0.6 is 11.8 Å². The van der Waals surface area contributed by atoms with Gasteiger partial charge in [-0.1, -0.05) is 12.1 Å². The van der Waals surface area contributed by atoms with Crippen LogP contribution in [0.5, 0.6) is 5.75 Å². The zero-order valence-corrected chi connectivity index (χ0v) is 13.8. The molecule has 2 nitrogen and oxygen atoms in total. The molecule has 0 aliphatic heterocycles. The van der Waals surface area contributed by atoms with E-state index in [0.717, 1.165) is 27.8 Å². The molecule has 2 aliphatic rings. The van der Waals surface area contributed by atoms with Crippen LogP contribution in [0.25, 0.3) is 0 Å². The Morgan fingerprint density at radius 3 is 2.78 bits per heavy atom. The number of benzene rings is 1. The Morgan fingerprint density at radius 2 is 2.04 bits per heavy atom. The Morgan fingerprint density at radius 1 is 1.17 bits per heavy atom. The maximum absolute atomic E-state index is 14.2. The molecule has 2 saturated carbocycles. The van der Waals surface area contributed by atoms with Crippen molar-refractivity contribution in [3.8, 4) is 5.75 Å². The molecule has 0 amide bonds. The van der Waals surface area contributed by atoms with Gasteiger partial charge in [-0.15, -0.1) is 11.8 Å². The Hall–Kier alpha value is -1.55. The van der Waals surface area contributed by atoms with Crippen molar-refractivity contribution in [3.63, 3.8) is 0 Å². The number of aromatic nitrogens is 1. The molecule has 2 aromatic rings. The molecule has 0 bridgehead atoms. The predicted molar refractivity (Wildman–Crippen MR) is 90.4 cm³/mol. The van der Waals surface area contributed by atoms with Gasteiger partial charge in [0.05, 0.1) is 0 Å². The van der Waals surface area contributed by atoms with E-state index in [1.807, 2.05) is 24.4 Å². The van der Waals surface area contributed by atoms with Crippen LogP contribution in [0.3, 0.4) is 0 Å². The summed E-state index contributed by atoms with van der Waals surface area (Å²) in [7, 11) is 0. The van der Waals surface area contributed by atoms with E-state index in [4.69, 9.17) is 4.74 Å². The number of thioether (sulfide) groups is 1. The molecule has 0 radical (unpaired) electrons. The highest BCUT2D eigenvalue weighted by molar-refractivity contribution is 7.99. The normalized spacial score (nSPS) is 17.3. The first kappa shape index (κ1) is 15.0. The van der Waals surface area contributed by atoms with E-state index in [1.165, 1.54) is 25.7 Å². The van der Waals surface area contributed by atoms with E-state index >= 15 is 0 Å². The fourth-order valence-corrected chi connectivity index (χ4v) is 3.78. The SMILES string of the molecule is Fc1cc(C2CC2)ccc1OCc1cccnc1SCC1CC1. The summed E-state index contributed by atoms with van der Waals surface area (Å²) in [5, 5.41) is 1.01. The van der Waals surface area contributed by atoms with Gasteiger partial charge >= 0.3 is 0 Å². The monoisotopic (exact) mass is 329 g/mol. The molecule has 120 valence electrons. The number of ether oxygens (including phenoxy) is 1. The van der Waals surface area contributed by atoms with E-state index in [2.05, 4.69) is 4.98 Å². The Kier molecular flexibility index (Phi) is 4.25. The highest BCUT2D eigenvalue weighted by Gasteiger charge is 2.24. The lowest BCUT2D eigenvalue weighted by Crippen LogP contribution is -2.01. The van der Waals surface area contributed by atoms with Crippen LogP contribution in [-0.4, -0.2) is 10.7 Å². The smallest absolute Gasteiger partial charge is 0.165 e. The van der Waals surface area contributed by atoms with Crippen molar-refractivity contribution in [2.24, 2.45) is 5.92 Å². The summed E-state index contributed by atoms with van der Waals surface area (Å²) in [4.78, 5) is 4.45. The van der Waals surface area contributed by atoms with Crippen LogP contribution in [-0.2, 0) is 6.61 Å². The third-order valence-corrected chi connectivity index (χ3v) is 5.67. The van der Waals surface area contributed by atoms with Gasteiger partial charge in [-0.3, -0.25) is 0 Å². The molecule has 0 unspecified atom stereocenters. The van der Waals surface area contributed by atoms with Crippen molar-refractivity contribution in [1.29, 1.82) is 0 Å². The van der Waals surface area contributed by atoms with Gasteiger partial charge in [-0.05, 0) is 61.3 Å². The van der Waals surface area contributed by atoms with Crippen LogP contribution in [0.2, 0.25) is 0 Å². The highest BCUT2D eigenvalue weighted by Crippen LogP contribution is 2.41. The lowest BCUT2D eigenvalue weighted by Gasteiger charge is -2.11. The number of nitrogens with zero attached hydrogens (tertiary/aromatic N) is 1. The van der Waals surface area contributed by atoms with E-state index in [9.17, 15) is 4.39 Å². The molecular formula is C19H20FNOS. The van der Waals surface area contributed by atoms with Gasteiger partial charge < -0.3 is 4.74 Å². The average molecular weight is 329 g/mol. The van der Waals surface area contributed by atoms with Crippen molar-refractivity contribution in [3.05, 3.63) is 53.5 Å². The zero-order valence-electron chi connectivity index (χ0n) is 13.0. The van der Waals surface area contributed by atoms with Gasteiger partial charge in [0, 0.05) is 17.5 Å². The second kappa shape index (κ2) is 6.52. The van der Waals surface area contributed by atoms with E-state index in [-0.39, 0.29) is 5.82 Å². The third kappa shape index (κ3) is 3.86. The van der Waals surface area contributed by atoms with Crippen LogP contribution in [0.1, 0.15) is 42.7 Å². The molecule has 23 heavy (non-hydrogen) atoms. The van der Waals surface area contributed by atoms with Crippen molar-refractivity contribution in [2.75, 3.05) is 5.75 Å². The molecule has 2 aliphatic carbocycles. The van der Waals surface area contributed by atoms with Crippen LogP contribution in [0, 0.1) is 11.7 Å². The molecule has 0 spiro atoms. The topological polar surface area (TPSA) is 22.1 Å². The second-order valence-corrected chi connectivity index (χ2v) is 7.48. The fourth-order valence-electron chi connectivity index (χ4n) is 2.61. The highest BCUT2D eigenvalue weighted by atomic mass is 32.2.